The molecule has 0 saturated carbocycles. The van der Waals surface area contributed by atoms with E-state index in [-0.39, 0.29) is 11.7 Å². The lowest BCUT2D eigenvalue weighted by Gasteiger charge is -2.09. The third-order valence-corrected chi connectivity index (χ3v) is 3.68. The molecule has 4 rings (SSSR count). The van der Waals surface area contributed by atoms with E-state index in [2.05, 4.69) is 10.3 Å². The van der Waals surface area contributed by atoms with Gasteiger partial charge in [-0.1, -0.05) is 18.2 Å². The Morgan fingerprint density at radius 1 is 0.960 bits per heavy atom. The summed E-state index contributed by atoms with van der Waals surface area (Å²) in [4.78, 5) is 16.3. The van der Waals surface area contributed by atoms with Crippen molar-refractivity contribution < 1.29 is 13.9 Å². The molecule has 25 heavy (non-hydrogen) atoms. The smallest absolute Gasteiger partial charge is 0.291 e. The molecule has 2 aromatic carbocycles. The van der Waals surface area contributed by atoms with E-state index in [1.54, 1.807) is 42.6 Å². The van der Waals surface area contributed by atoms with Crippen molar-refractivity contribution in [3.05, 3.63) is 85.0 Å². The molecule has 0 radical (unpaired) electrons. The Morgan fingerprint density at radius 3 is 2.60 bits per heavy atom. The van der Waals surface area contributed by atoms with Crippen LogP contribution in [0.5, 0.6) is 11.5 Å². The molecule has 5 heteroatoms. The lowest BCUT2D eigenvalue weighted by atomic mass is 10.2. The maximum atomic E-state index is 12.0. The zero-order valence-corrected chi connectivity index (χ0v) is 13.2. The van der Waals surface area contributed by atoms with Crippen LogP contribution in [0.2, 0.25) is 0 Å². The molecule has 0 spiro atoms. The predicted molar refractivity (Wildman–Crippen MR) is 94.9 cm³/mol. The molecule has 0 aliphatic heterocycles. The first-order chi connectivity index (χ1) is 12.3. The van der Waals surface area contributed by atoms with Crippen molar-refractivity contribution in [1.29, 1.82) is 0 Å². The number of rotatable bonds is 4. The van der Waals surface area contributed by atoms with Crippen LogP contribution in [0.4, 0.5) is 5.69 Å². The Kier molecular flexibility index (Phi) is 3.88. The quantitative estimate of drug-likeness (QED) is 0.579. The average Bonchev–Trinajstić information content (AvgIpc) is 3.19. The van der Waals surface area contributed by atoms with Gasteiger partial charge in [-0.15, -0.1) is 0 Å². The standard InChI is InChI=1S/C20H14N2O3/c23-20(18-7-3-13-24-18)22-15-8-10-16(11-9-15)25-17-6-1-4-14-5-2-12-21-19(14)17/h1-13H,(H,22,23). The molecule has 2 aromatic heterocycles. The fourth-order valence-electron chi connectivity index (χ4n) is 2.49. The Labute approximate surface area is 143 Å². The Bertz CT molecular complexity index is 1000. The number of ether oxygens (including phenoxy) is 1. The molecule has 0 bridgehead atoms. The fraction of sp³-hybridized carbons (Fsp3) is 0. The van der Waals surface area contributed by atoms with Gasteiger partial charge in [0.2, 0.25) is 0 Å². The van der Waals surface area contributed by atoms with Crippen molar-refractivity contribution in [1.82, 2.24) is 4.98 Å². The number of anilines is 1. The fourth-order valence-corrected chi connectivity index (χ4v) is 2.49. The summed E-state index contributed by atoms with van der Waals surface area (Å²) >= 11 is 0. The molecule has 0 unspecified atom stereocenters. The summed E-state index contributed by atoms with van der Waals surface area (Å²) in [6.45, 7) is 0. The third kappa shape index (κ3) is 3.21. The number of furan rings is 1. The second kappa shape index (κ2) is 6.49. The van der Waals surface area contributed by atoms with Crippen LogP contribution in [-0.4, -0.2) is 10.9 Å². The highest BCUT2D eigenvalue weighted by Crippen LogP contribution is 2.28. The highest BCUT2D eigenvalue weighted by Gasteiger charge is 2.09. The third-order valence-electron chi connectivity index (χ3n) is 3.68. The van der Waals surface area contributed by atoms with E-state index in [9.17, 15) is 4.79 Å². The lowest BCUT2D eigenvalue weighted by molar-refractivity contribution is 0.0996. The number of amides is 1. The Balaban J connectivity index is 1.51. The molecule has 4 aromatic rings. The zero-order chi connectivity index (χ0) is 17.1. The minimum atomic E-state index is -0.295. The summed E-state index contributed by atoms with van der Waals surface area (Å²) in [6.07, 6.45) is 3.20. The first kappa shape index (κ1) is 15.0. The van der Waals surface area contributed by atoms with Crippen molar-refractivity contribution in [2.24, 2.45) is 0 Å². The highest BCUT2D eigenvalue weighted by atomic mass is 16.5. The minimum absolute atomic E-state index is 0.266. The molecule has 1 amide bonds. The summed E-state index contributed by atoms with van der Waals surface area (Å²) in [6, 6.07) is 20.1. The highest BCUT2D eigenvalue weighted by molar-refractivity contribution is 6.02. The second-order valence-electron chi connectivity index (χ2n) is 5.39. The van der Waals surface area contributed by atoms with Crippen LogP contribution in [0.3, 0.4) is 0 Å². The number of benzene rings is 2. The van der Waals surface area contributed by atoms with Crippen LogP contribution >= 0.6 is 0 Å². The van der Waals surface area contributed by atoms with E-state index in [1.165, 1.54) is 6.26 Å². The van der Waals surface area contributed by atoms with Crippen LogP contribution in [0.15, 0.2) is 83.6 Å². The monoisotopic (exact) mass is 330 g/mol. The van der Waals surface area contributed by atoms with Crippen molar-refractivity contribution in [2.45, 2.75) is 0 Å². The van der Waals surface area contributed by atoms with E-state index in [0.29, 0.717) is 17.2 Å². The van der Waals surface area contributed by atoms with Crippen LogP contribution in [-0.2, 0) is 0 Å². The number of carbonyl (C=O) groups excluding carboxylic acids is 1. The number of nitrogens with one attached hydrogen (secondary N) is 1. The molecule has 122 valence electrons. The molecule has 0 fully saturated rings. The number of hydrogen-bond donors (Lipinski definition) is 1. The van der Waals surface area contributed by atoms with Gasteiger partial charge in [-0.3, -0.25) is 9.78 Å². The Morgan fingerprint density at radius 2 is 1.80 bits per heavy atom. The zero-order valence-electron chi connectivity index (χ0n) is 13.2. The molecular formula is C20H14N2O3. The number of fused-ring (bicyclic) bond motifs is 1. The summed E-state index contributed by atoms with van der Waals surface area (Å²) in [5.41, 5.74) is 1.46. The van der Waals surface area contributed by atoms with Crippen LogP contribution in [0.1, 0.15) is 10.6 Å². The first-order valence-electron chi connectivity index (χ1n) is 7.76. The molecule has 0 aliphatic rings. The largest absolute Gasteiger partial charge is 0.459 e. The SMILES string of the molecule is O=C(Nc1ccc(Oc2cccc3cccnc23)cc1)c1ccco1. The number of nitrogens with zero attached hydrogens (tertiary/aromatic N) is 1. The van der Waals surface area contributed by atoms with E-state index in [0.717, 1.165) is 10.9 Å². The van der Waals surface area contributed by atoms with Gasteiger partial charge in [0.05, 0.1) is 6.26 Å². The summed E-state index contributed by atoms with van der Waals surface area (Å²) in [5, 5.41) is 3.78. The van der Waals surface area contributed by atoms with E-state index < -0.39 is 0 Å². The van der Waals surface area contributed by atoms with Gasteiger partial charge in [0.1, 0.15) is 11.3 Å². The lowest BCUT2D eigenvalue weighted by Crippen LogP contribution is -2.10. The van der Waals surface area contributed by atoms with Gasteiger partial charge in [-0.05, 0) is 48.5 Å². The maximum Gasteiger partial charge on any atom is 0.291 e. The van der Waals surface area contributed by atoms with Gasteiger partial charge in [0, 0.05) is 17.3 Å². The predicted octanol–water partition coefficient (Wildman–Crippen LogP) is 4.87. The molecule has 0 atom stereocenters. The topological polar surface area (TPSA) is 64.4 Å². The summed E-state index contributed by atoms with van der Waals surface area (Å²) < 4.78 is 11.0. The van der Waals surface area contributed by atoms with Gasteiger partial charge >= 0.3 is 0 Å². The van der Waals surface area contributed by atoms with E-state index >= 15 is 0 Å². The summed E-state index contributed by atoms with van der Waals surface area (Å²) in [7, 11) is 0. The van der Waals surface area contributed by atoms with Gasteiger partial charge < -0.3 is 14.5 Å². The molecular weight excluding hydrogens is 316 g/mol. The van der Waals surface area contributed by atoms with E-state index in [1.807, 2.05) is 30.3 Å². The van der Waals surface area contributed by atoms with Crippen LogP contribution in [0, 0.1) is 0 Å². The normalized spacial score (nSPS) is 10.6. The van der Waals surface area contributed by atoms with Crippen LogP contribution in [0.25, 0.3) is 10.9 Å². The molecule has 2 heterocycles. The van der Waals surface area contributed by atoms with Crippen LogP contribution < -0.4 is 10.1 Å². The van der Waals surface area contributed by atoms with Crippen molar-refractivity contribution in [3.63, 3.8) is 0 Å². The van der Waals surface area contributed by atoms with Crippen molar-refractivity contribution in [2.75, 3.05) is 5.32 Å². The number of aromatic nitrogens is 1. The number of carbonyl (C=O) groups is 1. The number of pyridine rings is 1. The first-order valence-corrected chi connectivity index (χ1v) is 7.76. The molecule has 0 aliphatic carbocycles. The van der Waals surface area contributed by atoms with E-state index in [4.69, 9.17) is 9.15 Å². The van der Waals surface area contributed by atoms with Gasteiger partial charge in [-0.2, -0.15) is 0 Å². The van der Waals surface area contributed by atoms with Crippen molar-refractivity contribution in [3.8, 4) is 11.5 Å². The van der Waals surface area contributed by atoms with Gasteiger partial charge in [-0.25, -0.2) is 0 Å². The number of para-hydroxylation sites is 1. The number of hydrogen-bond acceptors (Lipinski definition) is 4. The summed E-state index contributed by atoms with van der Waals surface area (Å²) in [5.74, 6) is 1.32. The Hall–Kier alpha value is -3.60. The second-order valence-corrected chi connectivity index (χ2v) is 5.39. The van der Waals surface area contributed by atoms with Crippen molar-refractivity contribution >= 4 is 22.5 Å². The minimum Gasteiger partial charge on any atom is -0.459 e. The maximum absolute atomic E-state index is 12.0. The van der Waals surface area contributed by atoms with Gasteiger partial charge in [0.25, 0.3) is 5.91 Å². The molecule has 0 saturated heterocycles. The molecule has 1 N–H and O–H groups in total. The average molecular weight is 330 g/mol. The molecule has 5 nitrogen and oxygen atoms in total. The van der Waals surface area contributed by atoms with Gasteiger partial charge in [0.15, 0.2) is 11.5 Å².